The monoisotopic (exact) mass is 416 g/mol. The van der Waals surface area contributed by atoms with Gasteiger partial charge in [-0.1, -0.05) is 0 Å². The van der Waals surface area contributed by atoms with E-state index >= 15 is 0 Å². The molecule has 1 N–H and O–H groups in total. The van der Waals surface area contributed by atoms with Gasteiger partial charge in [-0.3, -0.25) is 14.9 Å². The molecule has 3 aromatic rings. The van der Waals surface area contributed by atoms with Crippen molar-refractivity contribution in [3.63, 3.8) is 0 Å². The number of rotatable bonds is 7. The zero-order chi connectivity index (χ0) is 21.0. The molecule has 0 unspecified atom stereocenters. The summed E-state index contributed by atoms with van der Waals surface area (Å²) in [5, 5.41) is 14.0. The van der Waals surface area contributed by atoms with Gasteiger partial charge in [-0.2, -0.15) is 0 Å². The minimum Gasteiger partial charge on any atom is -0.497 e. The van der Waals surface area contributed by atoms with Crippen LogP contribution in [0.2, 0.25) is 0 Å². The van der Waals surface area contributed by atoms with E-state index in [-0.39, 0.29) is 10.6 Å². The maximum absolute atomic E-state index is 12.2. The first kappa shape index (κ1) is 20.1. The number of esters is 1. The van der Waals surface area contributed by atoms with E-state index in [1.165, 1.54) is 32.4 Å². The Balaban J connectivity index is 1.65. The number of nitro benzene ring substituents is 1. The van der Waals surface area contributed by atoms with E-state index in [9.17, 15) is 19.7 Å². The van der Waals surface area contributed by atoms with Crippen LogP contribution in [0, 0.1) is 10.1 Å². The molecule has 0 aliphatic carbocycles. The molecule has 0 fully saturated rings. The normalized spacial score (nSPS) is 10.4. The Morgan fingerprint density at radius 1 is 1.10 bits per heavy atom. The lowest BCUT2D eigenvalue weighted by atomic mass is 10.2. The third-order valence-electron chi connectivity index (χ3n) is 3.93. The molecular formula is C19H16N2O7S. The highest BCUT2D eigenvalue weighted by molar-refractivity contribution is 7.20. The van der Waals surface area contributed by atoms with E-state index < -0.39 is 23.4 Å². The summed E-state index contributed by atoms with van der Waals surface area (Å²) in [6.45, 7) is -0.506. The Morgan fingerprint density at radius 3 is 2.59 bits per heavy atom. The first-order valence-electron chi connectivity index (χ1n) is 8.28. The lowest BCUT2D eigenvalue weighted by molar-refractivity contribution is -0.384. The fraction of sp³-hybridized carbons (Fsp3) is 0.158. The second-order valence-electron chi connectivity index (χ2n) is 5.78. The van der Waals surface area contributed by atoms with Gasteiger partial charge in [0.1, 0.15) is 16.4 Å². The van der Waals surface area contributed by atoms with Gasteiger partial charge in [0.05, 0.1) is 24.8 Å². The van der Waals surface area contributed by atoms with Crippen LogP contribution in [0.25, 0.3) is 10.1 Å². The third-order valence-corrected chi connectivity index (χ3v) is 5.02. The minimum atomic E-state index is -0.693. The lowest BCUT2D eigenvalue weighted by Gasteiger charge is -2.11. The van der Waals surface area contributed by atoms with Gasteiger partial charge >= 0.3 is 5.97 Å². The minimum absolute atomic E-state index is 0.0677. The summed E-state index contributed by atoms with van der Waals surface area (Å²) in [5.74, 6) is -0.294. The standard InChI is InChI=1S/C19H16N2O7S/c1-26-13-4-5-15(27-2)14(9-13)20-18(22)10-28-19(23)17-8-11-7-12(21(24)25)3-6-16(11)29-17/h3-9H,10H2,1-2H3,(H,20,22). The maximum Gasteiger partial charge on any atom is 0.348 e. The molecular weight excluding hydrogens is 400 g/mol. The number of methoxy groups -OCH3 is 2. The van der Waals surface area contributed by atoms with Crippen LogP contribution < -0.4 is 14.8 Å². The zero-order valence-electron chi connectivity index (χ0n) is 15.5. The summed E-state index contributed by atoms with van der Waals surface area (Å²) in [4.78, 5) is 35.0. The number of hydrogen-bond acceptors (Lipinski definition) is 8. The molecule has 0 aliphatic heterocycles. The van der Waals surface area contributed by atoms with Crippen LogP contribution in [0.5, 0.6) is 11.5 Å². The summed E-state index contributed by atoms with van der Waals surface area (Å²) >= 11 is 1.13. The fourth-order valence-electron chi connectivity index (χ4n) is 2.55. The van der Waals surface area contributed by atoms with Gasteiger partial charge in [0.2, 0.25) is 0 Å². The number of anilines is 1. The molecule has 1 amide bonds. The number of amides is 1. The molecule has 1 aromatic heterocycles. The Kier molecular flexibility index (Phi) is 5.93. The molecule has 0 atom stereocenters. The van der Waals surface area contributed by atoms with E-state index in [2.05, 4.69) is 5.32 Å². The number of non-ortho nitro benzene ring substituents is 1. The van der Waals surface area contributed by atoms with E-state index in [4.69, 9.17) is 14.2 Å². The Labute approximate surface area is 169 Å². The van der Waals surface area contributed by atoms with Gasteiger partial charge in [0.25, 0.3) is 11.6 Å². The zero-order valence-corrected chi connectivity index (χ0v) is 16.3. The smallest absolute Gasteiger partial charge is 0.348 e. The molecule has 0 spiro atoms. The molecule has 10 heteroatoms. The third kappa shape index (κ3) is 4.61. The van der Waals surface area contributed by atoms with Crippen LogP contribution in [0.4, 0.5) is 11.4 Å². The van der Waals surface area contributed by atoms with Crippen molar-refractivity contribution in [2.45, 2.75) is 0 Å². The van der Waals surface area contributed by atoms with Gasteiger partial charge in [0, 0.05) is 28.3 Å². The number of hydrogen-bond donors (Lipinski definition) is 1. The predicted octanol–water partition coefficient (Wildman–Crippen LogP) is 3.62. The van der Waals surface area contributed by atoms with Gasteiger partial charge in [-0.15, -0.1) is 11.3 Å². The predicted molar refractivity (Wildman–Crippen MR) is 107 cm³/mol. The van der Waals surface area contributed by atoms with E-state index in [1.807, 2.05) is 0 Å². The van der Waals surface area contributed by atoms with Crippen molar-refractivity contribution in [3.05, 3.63) is 57.5 Å². The second kappa shape index (κ2) is 8.57. The first-order valence-corrected chi connectivity index (χ1v) is 9.10. The largest absolute Gasteiger partial charge is 0.497 e. The molecule has 0 bridgehead atoms. The number of ether oxygens (including phenoxy) is 3. The van der Waals surface area contributed by atoms with Crippen LogP contribution in [0.1, 0.15) is 9.67 Å². The second-order valence-corrected chi connectivity index (χ2v) is 6.86. The molecule has 0 saturated heterocycles. The fourth-order valence-corrected chi connectivity index (χ4v) is 3.48. The van der Waals surface area contributed by atoms with Gasteiger partial charge < -0.3 is 19.5 Å². The van der Waals surface area contributed by atoms with Crippen molar-refractivity contribution in [3.8, 4) is 11.5 Å². The van der Waals surface area contributed by atoms with Crippen LogP contribution >= 0.6 is 11.3 Å². The van der Waals surface area contributed by atoms with Crippen molar-refractivity contribution < 1.29 is 28.7 Å². The summed E-state index contributed by atoms with van der Waals surface area (Å²) < 4.78 is 16.0. The molecule has 0 saturated carbocycles. The molecule has 29 heavy (non-hydrogen) atoms. The van der Waals surface area contributed by atoms with Crippen LogP contribution in [0.15, 0.2) is 42.5 Å². The average Bonchev–Trinajstić information content (AvgIpc) is 3.15. The molecule has 1 heterocycles. The number of nitro groups is 1. The average molecular weight is 416 g/mol. The molecule has 0 aliphatic rings. The number of fused-ring (bicyclic) bond motifs is 1. The van der Waals surface area contributed by atoms with Gasteiger partial charge in [0.15, 0.2) is 6.61 Å². The highest BCUT2D eigenvalue weighted by Gasteiger charge is 2.16. The van der Waals surface area contributed by atoms with Crippen molar-refractivity contribution >= 4 is 44.7 Å². The Morgan fingerprint density at radius 2 is 1.90 bits per heavy atom. The number of benzene rings is 2. The number of thiophene rings is 1. The van der Waals surface area contributed by atoms with Crippen molar-refractivity contribution in [2.75, 3.05) is 26.1 Å². The number of nitrogens with one attached hydrogen (secondary N) is 1. The molecule has 2 aromatic carbocycles. The molecule has 0 radical (unpaired) electrons. The highest BCUT2D eigenvalue weighted by atomic mass is 32.1. The van der Waals surface area contributed by atoms with Gasteiger partial charge in [-0.25, -0.2) is 4.79 Å². The number of carbonyl (C=O) groups is 2. The SMILES string of the molecule is COc1ccc(OC)c(NC(=O)COC(=O)c2cc3cc([N+](=O)[O-])ccc3s2)c1. The molecule has 3 rings (SSSR count). The molecule has 150 valence electrons. The molecule has 9 nitrogen and oxygen atoms in total. The Hall–Kier alpha value is -3.66. The number of carbonyl (C=O) groups excluding carboxylic acids is 2. The maximum atomic E-state index is 12.2. The van der Waals surface area contributed by atoms with Gasteiger partial charge in [-0.05, 0) is 24.3 Å². The van der Waals surface area contributed by atoms with E-state index in [0.29, 0.717) is 27.3 Å². The highest BCUT2D eigenvalue weighted by Crippen LogP contribution is 2.30. The van der Waals surface area contributed by atoms with Crippen molar-refractivity contribution in [2.24, 2.45) is 0 Å². The Bertz CT molecular complexity index is 1090. The summed E-state index contributed by atoms with van der Waals surface area (Å²) in [7, 11) is 2.96. The van der Waals surface area contributed by atoms with Crippen LogP contribution in [-0.2, 0) is 9.53 Å². The lowest BCUT2D eigenvalue weighted by Crippen LogP contribution is -2.21. The van der Waals surface area contributed by atoms with Crippen molar-refractivity contribution in [1.29, 1.82) is 0 Å². The van der Waals surface area contributed by atoms with E-state index in [0.717, 1.165) is 11.3 Å². The first-order chi connectivity index (χ1) is 13.9. The van der Waals surface area contributed by atoms with Crippen LogP contribution in [0.3, 0.4) is 0 Å². The topological polar surface area (TPSA) is 117 Å². The summed E-state index contributed by atoms with van der Waals surface area (Å²) in [6, 6.07) is 10.7. The summed E-state index contributed by atoms with van der Waals surface area (Å²) in [6.07, 6.45) is 0. The quantitative estimate of drug-likeness (QED) is 0.355. The summed E-state index contributed by atoms with van der Waals surface area (Å²) in [5.41, 5.74) is 0.309. The number of nitrogens with zero attached hydrogens (tertiary/aromatic N) is 1. The van der Waals surface area contributed by atoms with E-state index in [1.54, 1.807) is 24.3 Å². The van der Waals surface area contributed by atoms with Crippen molar-refractivity contribution in [1.82, 2.24) is 0 Å². The van der Waals surface area contributed by atoms with Crippen LogP contribution in [-0.4, -0.2) is 37.6 Å².